The Morgan fingerprint density at radius 1 is 0.943 bits per heavy atom. The zero-order chi connectivity index (χ0) is 24.9. The van der Waals surface area contributed by atoms with E-state index in [-0.39, 0.29) is 34.3 Å². The van der Waals surface area contributed by atoms with E-state index in [0.29, 0.717) is 47.8 Å². The van der Waals surface area contributed by atoms with Crippen molar-refractivity contribution in [1.29, 1.82) is 0 Å². The molecule has 0 unspecified atom stereocenters. The van der Waals surface area contributed by atoms with Gasteiger partial charge in [-0.05, 0) is 61.6 Å². The summed E-state index contributed by atoms with van der Waals surface area (Å²) in [5.41, 5.74) is 1.99. The van der Waals surface area contributed by atoms with Crippen molar-refractivity contribution in [3.05, 3.63) is 87.4 Å². The maximum atomic E-state index is 15.4. The van der Waals surface area contributed by atoms with Gasteiger partial charge in [-0.3, -0.25) is 9.59 Å². The van der Waals surface area contributed by atoms with Crippen molar-refractivity contribution in [1.82, 2.24) is 0 Å². The summed E-state index contributed by atoms with van der Waals surface area (Å²) in [6.07, 6.45) is 1.21. The van der Waals surface area contributed by atoms with E-state index < -0.39 is 17.6 Å². The summed E-state index contributed by atoms with van der Waals surface area (Å²) < 4.78 is 35.6. The van der Waals surface area contributed by atoms with Gasteiger partial charge in [-0.15, -0.1) is 0 Å². The second-order valence-electron chi connectivity index (χ2n) is 8.80. The lowest BCUT2D eigenvalue weighted by molar-refractivity contribution is 0.0925. The number of ether oxygens (including phenoxy) is 1. The van der Waals surface area contributed by atoms with E-state index >= 15 is 4.39 Å². The fraction of sp³-hybridized carbons (Fsp3) is 0.259. The molecule has 2 aliphatic heterocycles. The molecule has 3 aromatic carbocycles. The van der Waals surface area contributed by atoms with Crippen LogP contribution in [0.15, 0.2) is 48.5 Å². The summed E-state index contributed by atoms with van der Waals surface area (Å²) >= 11 is 6.02. The highest BCUT2D eigenvalue weighted by Crippen LogP contribution is 2.41. The second kappa shape index (κ2) is 8.96. The molecule has 0 aliphatic carbocycles. The molecule has 0 N–H and O–H groups in total. The van der Waals surface area contributed by atoms with Crippen molar-refractivity contribution in [3.63, 3.8) is 0 Å². The van der Waals surface area contributed by atoms with Gasteiger partial charge in [0.15, 0.2) is 5.82 Å². The molecule has 0 bridgehead atoms. The molecule has 0 spiro atoms. The average Bonchev–Trinajstić information content (AvgIpc) is 3.12. The van der Waals surface area contributed by atoms with E-state index in [4.69, 9.17) is 16.3 Å². The number of benzene rings is 3. The molecule has 1 saturated heterocycles. The molecule has 2 amide bonds. The number of fused-ring (bicyclic) bond motifs is 1. The number of carbonyl (C=O) groups excluding carboxylic acids is 2. The fourth-order valence-electron chi connectivity index (χ4n) is 4.94. The summed E-state index contributed by atoms with van der Waals surface area (Å²) in [6.45, 7) is 2.74. The van der Waals surface area contributed by atoms with Gasteiger partial charge in [0.2, 0.25) is 0 Å². The molecule has 0 aromatic heterocycles. The van der Waals surface area contributed by atoms with E-state index in [2.05, 4.69) is 0 Å². The lowest BCUT2D eigenvalue weighted by Gasteiger charge is -2.34. The SMILES string of the molecule is COc1cc(C2CCN(c3ccc(Cl)c(C)c3F)CC2)c(F)cc1N1C(=O)c2ccccc2C1=O. The number of hydrogen-bond acceptors (Lipinski definition) is 4. The van der Waals surface area contributed by atoms with Crippen LogP contribution in [0.3, 0.4) is 0 Å². The molecule has 8 heteroatoms. The molecular formula is C27H23ClF2N2O3. The minimum Gasteiger partial charge on any atom is -0.495 e. The van der Waals surface area contributed by atoms with Crippen LogP contribution in [0, 0.1) is 18.6 Å². The summed E-state index contributed by atoms with van der Waals surface area (Å²) in [4.78, 5) is 28.7. The van der Waals surface area contributed by atoms with E-state index in [0.717, 1.165) is 4.90 Å². The number of amides is 2. The van der Waals surface area contributed by atoms with Crippen LogP contribution in [0.25, 0.3) is 0 Å². The van der Waals surface area contributed by atoms with Gasteiger partial charge in [-0.25, -0.2) is 13.7 Å². The van der Waals surface area contributed by atoms with Gasteiger partial charge in [-0.1, -0.05) is 23.7 Å². The Labute approximate surface area is 206 Å². The number of methoxy groups -OCH3 is 1. The maximum Gasteiger partial charge on any atom is 0.266 e. The molecule has 180 valence electrons. The Kier molecular flexibility index (Phi) is 5.97. The average molecular weight is 497 g/mol. The zero-order valence-electron chi connectivity index (χ0n) is 19.3. The van der Waals surface area contributed by atoms with Crippen molar-refractivity contribution in [2.75, 3.05) is 30.0 Å². The van der Waals surface area contributed by atoms with Gasteiger partial charge in [0.05, 0.1) is 29.6 Å². The number of imide groups is 1. The van der Waals surface area contributed by atoms with Crippen LogP contribution < -0.4 is 14.5 Å². The fourth-order valence-corrected chi connectivity index (χ4v) is 5.09. The van der Waals surface area contributed by atoms with E-state index in [9.17, 15) is 14.0 Å². The zero-order valence-corrected chi connectivity index (χ0v) is 20.0. The minimum absolute atomic E-state index is 0.0797. The smallest absolute Gasteiger partial charge is 0.266 e. The van der Waals surface area contributed by atoms with Crippen LogP contribution >= 0.6 is 11.6 Å². The lowest BCUT2D eigenvalue weighted by Crippen LogP contribution is -2.34. The Morgan fingerprint density at radius 3 is 2.17 bits per heavy atom. The Balaban J connectivity index is 1.40. The first-order chi connectivity index (χ1) is 16.8. The van der Waals surface area contributed by atoms with Gasteiger partial charge in [0, 0.05) is 29.7 Å². The number of nitrogens with zero attached hydrogens (tertiary/aromatic N) is 2. The third-order valence-electron chi connectivity index (χ3n) is 6.91. The predicted octanol–water partition coefficient (Wildman–Crippen LogP) is 6.12. The Bertz CT molecular complexity index is 1320. The quantitative estimate of drug-likeness (QED) is 0.408. The summed E-state index contributed by atoms with van der Waals surface area (Å²) in [7, 11) is 1.42. The molecule has 2 heterocycles. The minimum atomic E-state index is -0.510. The van der Waals surface area contributed by atoms with Gasteiger partial charge < -0.3 is 9.64 Å². The second-order valence-corrected chi connectivity index (χ2v) is 9.21. The number of anilines is 2. The largest absolute Gasteiger partial charge is 0.495 e. The first kappa shape index (κ1) is 23.3. The predicted molar refractivity (Wildman–Crippen MR) is 131 cm³/mol. The van der Waals surface area contributed by atoms with E-state index in [1.54, 1.807) is 49.4 Å². The number of piperidine rings is 1. The van der Waals surface area contributed by atoms with Crippen molar-refractivity contribution in [2.24, 2.45) is 0 Å². The van der Waals surface area contributed by atoms with Gasteiger partial charge in [-0.2, -0.15) is 0 Å². The number of rotatable bonds is 4. The molecule has 0 atom stereocenters. The number of halogens is 3. The van der Waals surface area contributed by atoms with Gasteiger partial charge in [0.25, 0.3) is 11.8 Å². The first-order valence-electron chi connectivity index (χ1n) is 11.4. The van der Waals surface area contributed by atoms with E-state index in [1.165, 1.54) is 13.2 Å². The van der Waals surface area contributed by atoms with Crippen LogP contribution in [-0.4, -0.2) is 32.0 Å². The van der Waals surface area contributed by atoms with Crippen LogP contribution in [0.4, 0.5) is 20.2 Å². The third kappa shape index (κ3) is 3.84. The molecule has 2 aliphatic rings. The number of carbonyl (C=O) groups is 2. The highest BCUT2D eigenvalue weighted by Gasteiger charge is 2.38. The van der Waals surface area contributed by atoms with Crippen molar-refractivity contribution >= 4 is 34.8 Å². The lowest BCUT2D eigenvalue weighted by atomic mass is 9.88. The molecule has 0 saturated carbocycles. The molecule has 35 heavy (non-hydrogen) atoms. The molecular weight excluding hydrogens is 474 g/mol. The molecule has 5 rings (SSSR count). The Morgan fingerprint density at radius 2 is 1.57 bits per heavy atom. The molecule has 1 fully saturated rings. The first-order valence-corrected chi connectivity index (χ1v) is 11.7. The standard InChI is InChI=1S/C27H23ClF2N2O3/c1-15-20(28)7-8-22(25(15)30)31-11-9-16(10-12-31)19-13-24(35-2)23(14-21(19)29)32-26(33)17-5-3-4-6-18(17)27(32)34/h3-8,13-14,16H,9-12H2,1-2H3. The van der Waals surface area contributed by atoms with Crippen LogP contribution in [-0.2, 0) is 0 Å². The van der Waals surface area contributed by atoms with Crippen LogP contribution in [0.5, 0.6) is 5.75 Å². The summed E-state index contributed by atoms with van der Waals surface area (Å²) in [6, 6.07) is 12.6. The third-order valence-corrected chi connectivity index (χ3v) is 7.32. The van der Waals surface area contributed by atoms with Gasteiger partial charge >= 0.3 is 0 Å². The topological polar surface area (TPSA) is 49.9 Å². The van der Waals surface area contributed by atoms with Crippen molar-refractivity contribution < 1.29 is 23.1 Å². The van der Waals surface area contributed by atoms with Gasteiger partial charge in [0.1, 0.15) is 11.6 Å². The Hall–Kier alpha value is -3.45. The highest BCUT2D eigenvalue weighted by molar-refractivity contribution is 6.34. The van der Waals surface area contributed by atoms with Crippen molar-refractivity contribution in [2.45, 2.75) is 25.7 Å². The molecule has 0 radical (unpaired) electrons. The van der Waals surface area contributed by atoms with Crippen LogP contribution in [0.1, 0.15) is 50.6 Å². The molecule has 3 aromatic rings. The normalized spacial score (nSPS) is 16.1. The maximum absolute atomic E-state index is 15.4. The summed E-state index contributed by atoms with van der Waals surface area (Å²) in [5, 5.41) is 0.383. The van der Waals surface area contributed by atoms with Crippen molar-refractivity contribution in [3.8, 4) is 5.75 Å². The monoisotopic (exact) mass is 496 g/mol. The highest BCUT2D eigenvalue weighted by atomic mass is 35.5. The number of hydrogen-bond donors (Lipinski definition) is 0. The van der Waals surface area contributed by atoms with E-state index in [1.807, 2.05) is 4.90 Å². The summed E-state index contributed by atoms with van der Waals surface area (Å²) in [5.74, 6) is -1.74. The molecule has 5 nitrogen and oxygen atoms in total. The van der Waals surface area contributed by atoms with Crippen LogP contribution in [0.2, 0.25) is 5.02 Å².